The van der Waals surface area contributed by atoms with Crippen LogP contribution in [0, 0.1) is 0 Å². The summed E-state index contributed by atoms with van der Waals surface area (Å²) in [7, 11) is 0. The zero-order chi connectivity index (χ0) is 11.8. The summed E-state index contributed by atoms with van der Waals surface area (Å²) in [6, 6.07) is -0.795. The molecule has 0 aromatic carbocycles. The van der Waals surface area contributed by atoms with E-state index in [-0.39, 0.29) is 18.5 Å². The Balaban J connectivity index is 3.46. The van der Waals surface area contributed by atoms with Crippen molar-refractivity contribution in [1.29, 1.82) is 0 Å². The number of amides is 1. The van der Waals surface area contributed by atoms with Crippen molar-refractivity contribution in [1.82, 2.24) is 10.6 Å². The number of hydrogen-bond acceptors (Lipinski definition) is 4. The molecule has 0 aromatic heterocycles. The zero-order valence-corrected chi connectivity index (χ0v) is 9.12. The van der Waals surface area contributed by atoms with Gasteiger partial charge in [-0.15, -0.1) is 0 Å². The quantitative estimate of drug-likeness (QED) is 0.405. The van der Waals surface area contributed by atoms with Gasteiger partial charge in [-0.3, -0.25) is 9.59 Å². The molecule has 0 aliphatic carbocycles. The molecule has 6 nitrogen and oxygen atoms in total. The van der Waals surface area contributed by atoms with Crippen LogP contribution in [0.3, 0.4) is 0 Å². The predicted octanol–water partition coefficient (Wildman–Crippen LogP) is -1.10. The lowest BCUT2D eigenvalue weighted by molar-refractivity contribution is -0.138. The highest BCUT2D eigenvalue weighted by Crippen LogP contribution is 1.83. The largest absolute Gasteiger partial charge is 0.480 e. The maximum atomic E-state index is 11.1. The van der Waals surface area contributed by atoms with Crippen LogP contribution in [0.1, 0.15) is 20.3 Å². The number of carboxylic acid groups (broad SMARTS) is 1. The lowest BCUT2D eigenvalue weighted by atomic mass is 10.3. The molecule has 1 atom stereocenters. The minimum absolute atomic E-state index is 0.0543. The van der Waals surface area contributed by atoms with Crippen molar-refractivity contribution in [2.24, 2.45) is 5.73 Å². The molecular weight excluding hydrogens is 198 g/mol. The Hall–Kier alpha value is -1.14. The number of rotatable bonds is 7. The minimum atomic E-state index is -1.05. The molecule has 0 aliphatic rings. The smallest absolute Gasteiger partial charge is 0.321 e. The van der Waals surface area contributed by atoms with Gasteiger partial charge in [0.25, 0.3) is 0 Å². The third kappa shape index (κ3) is 7.90. The first-order valence-electron chi connectivity index (χ1n) is 4.92. The normalized spacial score (nSPS) is 12.5. The van der Waals surface area contributed by atoms with Crippen molar-refractivity contribution in [2.75, 3.05) is 13.1 Å². The average Bonchev–Trinajstić information content (AvgIpc) is 2.10. The monoisotopic (exact) mass is 217 g/mol. The number of nitrogens with one attached hydrogen (secondary N) is 2. The van der Waals surface area contributed by atoms with Crippen molar-refractivity contribution >= 4 is 11.9 Å². The Kier molecular flexibility index (Phi) is 6.64. The summed E-state index contributed by atoms with van der Waals surface area (Å²) >= 11 is 0. The van der Waals surface area contributed by atoms with E-state index >= 15 is 0 Å². The van der Waals surface area contributed by atoms with Crippen molar-refractivity contribution in [3.8, 4) is 0 Å². The molecule has 15 heavy (non-hydrogen) atoms. The maximum absolute atomic E-state index is 11.1. The molecule has 5 N–H and O–H groups in total. The number of nitrogens with two attached hydrogens (primary N) is 1. The van der Waals surface area contributed by atoms with Gasteiger partial charge < -0.3 is 21.5 Å². The number of carbonyl (C=O) groups is 2. The van der Waals surface area contributed by atoms with Crippen LogP contribution in [0.4, 0.5) is 0 Å². The zero-order valence-electron chi connectivity index (χ0n) is 9.12. The number of carbonyl (C=O) groups excluding carboxylic acids is 1. The summed E-state index contributed by atoms with van der Waals surface area (Å²) in [6.45, 7) is 4.36. The molecular formula is C9H19N3O3. The van der Waals surface area contributed by atoms with E-state index in [1.54, 1.807) is 0 Å². The number of carboxylic acids is 1. The molecule has 0 heterocycles. The van der Waals surface area contributed by atoms with E-state index in [0.717, 1.165) is 0 Å². The van der Waals surface area contributed by atoms with E-state index in [2.05, 4.69) is 10.6 Å². The topological polar surface area (TPSA) is 104 Å². The van der Waals surface area contributed by atoms with Crippen LogP contribution in [0.2, 0.25) is 0 Å². The molecule has 0 radical (unpaired) electrons. The van der Waals surface area contributed by atoms with Gasteiger partial charge in [0.1, 0.15) is 6.04 Å². The van der Waals surface area contributed by atoms with Crippen LogP contribution in [0.5, 0.6) is 0 Å². The molecule has 0 spiro atoms. The van der Waals surface area contributed by atoms with Crippen LogP contribution >= 0.6 is 0 Å². The van der Waals surface area contributed by atoms with Crippen LogP contribution in [-0.2, 0) is 9.59 Å². The van der Waals surface area contributed by atoms with Gasteiger partial charge in [-0.2, -0.15) is 0 Å². The third-order valence-corrected chi connectivity index (χ3v) is 1.66. The third-order valence-electron chi connectivity index (χ3n) is 1.66. The van der Waals surface area contributed by atoms with Crippen LogP contribution < -0.4 is 16.4 Å². The summed E-state index contributed by atoms with van der Waals surface area (Å²) < 4.78 is 0. The molecule has 0 fully saturated rings. The molecule has 0 aromatic rings. The molecule has 1 amide bonds. The Labute approximate surface area is 89.2 Å². The Morgan fingerprint density at radius 1 is 1.40 bits per heavy atom. The Morgan fingerprint density at radius 3 is 2.47 bits per heavy atom. The molecule has 0 rings (SSSR count). The summed E-state index contributed by atoms with van der Waals surface area (Å²) in [5.41, 5.74) is 5.25. The van der Waals surface area contributed by atoms with Crippen LogP contribution in [0.25, 0.3) is 0 Å². The van der Waals surface area contributed by atoms with Crippen molar-refractivity contribution < 1.29 is 14.7 Å². The van der Waals surface area contributed by atoms with Gasteiger partial charge in [-0.1, -0.05) is 0 Å². The number of aliphatic carboxylic acids is 1. The fraction of sp³-hybridized carbons (Fsp3) is 0.778. The van der Waals surface area contributed by atoms with Gasteiger partial charge >= 0.3 is 5.97 Å². The van der Waals surface area contributed by atoms with Gasteiger partial charge in [-0.05, 0) is 13.8 Å². The number of hydrogen-bond donors (Lipinski definition) is 4. The van der Waals surface area contributed by atoms with Crippen molar-refractivity contribution in [3.63, 3.8) is 0 Å². The highest BCUT2D eigenvalue weighted by molar-refractivity contribution is 5.76. The minimum Gasteiger partial charge on any atom is -0.480 e. The van der Waals surface area contributed by atoms with E-state index in [1.807, 2.05) is 13.8 Å². The summed E-state index contributed by atoms with van der Waals surface area (Å²) in [5, 5.41) is 14.0. The molecule has 0 bridgehead atoms. The van der Waals surface area contributed by atoms with Crippen LogP contribution in [-0.4, -0.2) is 42.2 Å². The predicted molar refractivity (Wildman–Crippen MR) is 56.4 cm³/mol. The summed E-state index contributed by atoms with van der Waals surface area (Å²) in [6.07, 6.45) is 0.324. The second-order valence-electron chi connectivity index (χ2n) is 3.62. The van der Waals surface area contributed by atoms with Gasteiger partial charge in [0.05, 0.1) is 0 Å². The van der Waals surface area contributed by atoms with Gasteiger partial charge in [-0.25, -0.2) is 0 Å². The van der Waals surface area contributed by atoms with Crippen molar-refractivity contribution in [2.45, 2.75) is 32.4 Å². The fourth-order valence-electron chi connectivity index (χ4n) is 0.941. The first-order chi connectivity index (χ1) is 6.93. The van der Waals surface area contributed by atoms with Gasteiger partial charge in [0.2, 0.25) is 5.91 Å². The highest BCUT2D eigenvalue weighted by atomic mass is 16.4. The first kappa shape index (κ1) is 13.9. The second kappa shape index (κ2) is 7.19. The fourth-order valence-corrected chi connectivity index (χ4v) is 0.941. The van der Waals surface area contributed by atoms with Crippen LogP contribution in [0.15, 0.2) is 0 Å². The first-order valence-corrected chi connectivity index (χ1v) is 4.92. The standard InChI is InChI=1S/C9H19N3O3/c1-6(2)12-8(13)3-4-11-5-7(10)9(14)15/h6-7,11H,3-5,10H2,1-2H3,(H,12,13)(H,14,15). The molecule has 6 heteroatoms. The summed E-state index contributed by atoms with van der Waals surface area (Å²) in [4.78, 5) is 21.5. The lowest BCUT2D eigenvalue weighted by Crippen LogP contribution is -2.41. The Bertz CT molecular complexity index is 219. The van der Waals surface area contributed by atoms with E-state index in [9.17, 15) is 9.59 Å². The van der Waals surface area contributed by atoms with E-state index in [4.69, 9.17) is 10.8 Å². The van der Waals surface area contributed by atoms with E-state index in [1.165, 1.54) is 0 Å². The lowest BCUT2D eigenvalue weighted by Gasteiger charge is -2.10. The van der Waals surface area contributed by atoms with Gasteiger partial charge in [0.15, 0.2) is 0 Å². The molecule has 0 aliphatic heterocycles. The average molecular weight is 217 g/mol. The van der Waals surface area contributed by atoms with E-state index < -0.39 is 12.0 Å². The molecule has 1 unspecified atom stereocenters. The Morgan fingerprint density at radius 2 is 2.00 bits per heavy atom. The summed E-state index contributed by atoms with van der Waals surface area (Å²) in [5.74, 6) is -1.10. The maximum Gasteiger partial charge on any atom is 0.321 e. The van der Waals surface area contributed by atoms with Crippen molar-refractivity contribution in [3.05, 3.63) is 0 Å². The molecule has 0 saturated carbocycles. The molecule has 0 saturated heterocycles. The SMILES string of the molecule is CC(C)NC(=O)CCNCC(N)C(=O)O. The molecule has 88 valence electrons. The van der Waals surface area contributed by atoms with E-state index in [0.29, 0.717) is 13.0 Å². The van der Waals surface area contributed by atoms with Gasteiger partial charge in [0, 0.05) is 25.6 Å². The highest BCUT2D eigenvalue weighted by Gasteiger charge is 2.10. The second-order valence-corrected chi connectivity index (χ2v) is 3.62.